The zero-order chi connectivity index (χ0) is 42.9. The van der Waals surface area contributed by atoms with E-state index in [0.29, 0.717) is 43.8 Å². The minimum atomic E-state index is -1.11. The van der Waals surface area contributed by atoms with E-state index in [-0.39, 0.29) is 66.4 Å². The summed E-state index contributed by atoms with van der Waals surface area (Å²) in [6, 6.07) is 17.2. The van der Waals surface area contributed by atoms with Crippen LogP contribution in [0.3, 0.4) is 0 Å². The van der Waals surface area contributed by atoms with Crippen LogP contribution in [0.2, 0.25) is 0 Å². The highest BCUT2D eigenvalue weighted by Crippen LogP contribution is 2.41. The van der Waals surface area contributed by atoms with Gasteiger partial charge < -0.3 is 29.6 Å². The number of carbonyl (C=O) groups is 6. The van der Waals surface area contributed by atoms with Crippen molar-refractivity contribution in [3.05, 3.63) is 95.4 Å². The van der Waals surface area contributed by atoms with Gasteiger partial charge in [-0.25, -0.2) is 4.39 Å². The van der Waals surface area contributed by atoms with E-state index in [1.54, 1.807) is 42.6 Å². The number of nitrogens with zero attached hydrogens (tertiary/aromatic N) is 2. The molecule has 1 aromatic heterocycles. The number of aromatic nitrogens is 1. The number of hydrogen-bond donors (Lipinski definition) is 3. The van der Waals surface area contributed by atoms with Gasteiger partial charge in [0.05, 0.1) is 43.1 Å². The summed E-state index contributed by atoms with van der Waals surface area (Å²) in [4.78, 5) is 80.8. The van der Waals surface area contributed by atoms with Gasteiger partial charge in [0, 0.05) is 36.2 Å². The summed E-state index contributed by atoms with van der Waals surface area (Å²) in [5.41, 5.74) is 2.64. The van der Waals surface area contributed by atoms with Crippen molar-refractivity contribution in [2.24, 2.45) is 11.8 Å². The van der Waals surface area contributed by atoms with Gasteiger partial charge in [-0.2, -0.15) is 0 Å². The number of fused-ring (bicyclic) bond motifs is 2. The number of anilines is 1. The molecule has 3 heterocycles. The second kappa shape index (κ2) is 19.9. The first kappa shape index (κ1) is 42.8. The van der Waals surface area contributed by atoms with Gasteiger partial charge in [0.1, 0.15) is 30.0 Å². The van der Waals surface area contributed by atoms with E-state index < -0.39 is 42.2 Å². The molecule has 3 aromatic carbocycles. The highest BCUT2D eigenvalue weighted by atomic mass is 19.1. The Bertz CT molecular complexity index is 2280. The van der Waals surface area contributed by atoms with Gasteiger partial charge in [-0.15, -0.1) is 0 Å². The number of piperidine rings is 1. The van der Waals surface area contributed by atoms with Gasteiger partial charge in [-0.3, -0.25) is 44.0 Å². The van der Waals surface area contributed by atoms with E-state index in [2.05, 4.69) is 20.9 Å². The van der Waals surface area contributed by atoms with E-state index >= 15 is 0 Å². The molecule has 1 aliphatic carbocycles. The molecule has 1 saturated carbocycles. The maximum Gasteiger partial charge on any atom is 0.266 e. The number of carbonyl (C=O) groups excluding carboxylic acids is 6. The fraction of sp³-hybridized carbons (Fsp3) is 0.400. The molecule has 0 radical (unpaired) electrons. The fourth-order valence-corrected chi connectivity index (χ4v) is 8.13. The number of hydrogen-bond acceptors (Lipinski definition) is 11. The monoisotopic (exact) mass is 837 g/mol. The summed E-state index contributed by atoms with van der Waals surface area (Å²) in [5, 5.41) is 8.71. The van der Waals surface area contributed by atoms with Crippen LogP contribution in [0.25, 0.3) is 10.9 Å². The maximum absolute atomic E-state index is 14.0. The summed E-state index contributed by atoms with van der Waals surface area (Å²) in [7, 11) is 0. The number of imide groups is 2. The van der Waals surface area contributed by atoms with Crippen LogP contribution in [-0.4, -0.2) is 97.6 Å². The summed E-state index contributed by atoms with van der Waals surface area (Å²) >= 11 is 0. The Balaban J connectivity index is 0.725. The molecule has 16 heteroatoms. The number of nitrogens with one attached hydrogen (secondary N) is 3. The van der Waals surface area contributed by atoms with Crippen molar-refractivity contribution in [2.45, 2.75) is 57.4 Å². The molecule has 1 unspecified atom stereocenters. The predicted octanol–water partition coefficient (Wildman–Crippen LogP) is 4.93. The van der Waals surface area contributed by atoms with Gasteiger partial charge in [0.25, 0.3) is 17.7 Å². The lowest BCUT2D eigenvalue weighted by Gasteiger charge is -2.32. The minimum Gasteiger partial charge on any atom is -0.491 e. The number of amides is 6. The van der Waals surface area contributed by atoms with Crippen LogP contribution in [0.4, 0.5) is 10.1 Å². The third-order valence-electron chi connectivity index (χ3n) is 11.4. The number of benzene rings is 3. The van der Waals surface area contributed by atoms with Crippen LogP contribution in [0.15, 0.2) is 72.9 Å². The highest BCUT2D eigenvalue weighted by molar-refractivity contribution is 6.24. The molecule has 2 aliphatic heterocycles. The summed E-state index contributed by atoms with van der Waals surface area (Å²) in [6.07, 6.45) is 5.53. The molecule has 2 atom stereocenters. The first-order chi connectivity index (χ1) is 29.6. The Hall–Kier alpha value is -6.26. The lowest BCUT2D eigenvalue weighted by atomic mass is 9.73. The van der Waals surface area contributed by atoms with Crippen molar-refractivity contribution < 1.29 is 52.1 Å². The van der Waals surface area contributed by atoms with Crippen molar-refractivity contribution in [3.63, 3.8) is 0 Å². The molecule has 6 amide bonds. The Kier molecular flexibility index (Phi) is 14.0. The third kappa shape index (κ3) is 10.4. The highest BCUT2D eigenvalue weighted by Gasteiger charge is 2.46. The summed E-state index contributed by atoms with van der Waals surface area (Å²) in [6.45, 7) is 3.22. The van der Waals surface area contributed by atoms with Crippen molar-refractivity contribution in [3.8, 4) is 11.5 Å². The standard InChI is InChI=1S/C45H48FN5O10/c1-27(28-5-7-29(8-6-28)33-17-18-47-36-14-9-30(46)25-35(33)36)42(54)49-31-10-12-32(13-11-31)60-24-23-59-22-21-58-20-19-48-40(53)26-61-38-4-2-3-34-41(38)45(57)51(44(34)56)37-15-16-39(52)50-43(37)55/h2-4,9-14,17-18,25,27-29,37H,5-8,15-16,19-24,26H2,1H3,(H,48,53)(H,49,54)(H,50,52,55)/t27-,28?,29?,37?/m1/s1. The van der Waals surface area contributed by atoms with Crippen LogP contribution in [0, 0.1) is 17.7 Å². The zero-order valence-corrected chi connectivity index (χ0v) is 33.8. The van der Waals surface area contributed by atoms with Crippen LogP contribution in [0.1, 0.15) is 77.6 Å². The van der Waals surface area contributed by atoms with Crippen molar-refractivity contribution >= 4 is 52.0 Å². The molecule has 0 spiro atoms. The Labute approximate surface area is 351 Å². The fourth-order valence-electron chi connectivity index (χ4n) is 8.13. The molecule has 320 valence electrons. The average Bonchev–Trinajstić information content (AvgIpc) is 3.52. The predicted molar refractivity (Wildman–Crippen MR) is 219 cm³/mol. The lowest BCUT2D eigenvalue weighted by Crippen LogP contribution is -2.54. The normalized spacial score (nSPS) is 19.3. The van der Waals surface area contributed by atoms with Gasteiger partial charge in [0.2, 0.25) is 17.7 Å². The first-order valence-electron chi connectivity index (χ1n) is 20.5. The maximum atomic E-state index is 14.0. The summed E-state index contributed by atoms with van der Waals surface area (Å²) < 4.78 is 36.4. The SMILES string of the molecule is C[C@@H](C(=O)Nc1ccc(OCCOCCOCCNC(=O)COc2cccc3c2C(=O)N(C2CCC(=O)NC2=O)C3=O)cc1)C1CCC(c2ccnc3ccc(F)cc23)CC1. The molecule has 4 aromatic rings. The third-order valence-corrected chi connectivity index (χ3v) is 11.4. The van der Waals surface area contributed by atoms with E-state index in [4.69, 9.17) is 18.9 Å². The molecule has 2 fully saturated rings. The Morgan fingerprint density at radius 3 is 2.39 bits per heavy atom. The second-order valence-electron chi connectivity index (χ2n) is 15.3. The molecule has 3 N–H and O–H groups in total. The van der Waals surface area contributed by atoms with Crippen molar-refractivity contribution in [1.29, 1.82) is 0 Å². The largest absolute Gasteiger partial charge is 0.491 e. The van der Waals surface area contributed by atoms with Crippen LogP contribution in [-0.2, 0) is 28.7 Å². The molecule has 15 nitrogen and oxygen atoms in total. The number of pyridine rings is 1. The minimum absolute atomic E-state index is 0.00383. The Morgan fingerprint density at radius 2 is 1.62 bits per heavy atom. The quantitative estimate of drug-likeness (QED) is 0.0910. The van der Waals surface area contributed by atoms with Crippen molar-refractivity contribution in [2.75, 3.05) is 51.5 Å². The molecule has 61 heavy (non-hydrogen) atoms. The van der Waals surface area contributed by atoms with Crippen LogP contribution >= 0.6 is 0 Å². The second-order valence-corrected chi connectivity index (χ2v) is 15.3. The molecular weight excluding hydrogens is 790 g/mol. The van der Waals surface area contributed by atoms with E-state index in [9.17, 15) is 33.2 Å². The molecular formula is C45H48FN5O10. The first-order valence-corrected chi connectivity index (χ1v) is 20.5. The van der Waals surface area contributed by atoms with Crippen molar-refractivity contribution in [1.82, 2.24) is 20.5 Å². The topological polar surface area (TPSA) is 192 Å². The van der Waals surface area contributed by atoms with E-state index in [1.807, 2.05) is 13.0 Å². The number of rotatable bonds is 18. The van der Waals surface area contributed by atoms with Crippen LogP contribution < -0.4 is 25.4 Å². The smallest absolute Gasteiger partial charge is 0.266 e. The molecule has 0 bridgehead atoms. The lowest BCUT2D eigenvalue weighted by molar-refractivity contribution is -0.136. The van der Waals surface area contributed by atoms with Gasteiger partial charge in [-0.05, 0) is 110 Å². The Morgan fingerprint density at radius 1 is 0.869 bits per heavy atom. The van der Waals surface area contributed by atoms with E-state index in [0.717, 1.165) is 47.0 Å². The molecule has 3 aliphatic rings. The van der Waals surface area contributed by atoms with E-state index in [1.165, 1.54) is 24.3 Å². The molecule has 7 rings (SSSR count). The van der Waals surface area contributed by atoms with Gasteiger partial charge in [0.15, 0.2) is 6.61 Å². The van der Waals surface area contributed by atoms with Crippen LogP contribution in [0.5, 0.6) is 11.5 Å². The van der Waals surface area contributed by atoms with Gasteiger partial charge >= 0.3 is 0 Å². The number of ether oxygens (including phenoxy) is 4. The number of halogens is 1. The summed E-state index contributed by atoms with van der Waals surface area (Å²) in [5.74, 6) is -2.23. The molecule has 1 saturated heterocycles. The average molecular weight is 838 g/mol. The zero-order valence-electron chi connectivity index (χ0n) is 33.8. The van der Waals surface area contributed by atoms with Gasteiger partial charge in [-0.1, -0.05) is 13.0 Å².